The van der Waals surface area contributed by atoms with Gasteiger partial charge in [0.2, 0.25) is 5.91 Å². The molecule has 0 radical (unpaired) electrons. The minimum Gasteiger partial charge on any atom is -0.329 e. The number of amides is 1. The van der Waals surface area contributed by atoms with Crippen molar-refractivity contribution in [3.8, 4) is 0 Å². The van der Waals surface area contributed by atoms with Gasteiger partial charge in [-0.3, -0.25) is 9.59 Å². The first-order valence-corrected chi connectivity index (χ1v) is 8.26. The minimum atomic E-state index is -0.0922. The van der Waals surface area contributed by atoms with E-state index in [1.807, 2.05) is 24.3 Å². The van der Waals surface area contributed by atoms with Gasteiger partial charge >= 0.3 is 0 Å². The van der Waals surface area contributed by atoms with E-state index in [9.17, 15) is 9.59 Å². The summed E-state index contributed by atoms with van der Waals surface area (Å²) in [7, 11) is 0. The normalized spacial score (nSPS) is 24.6. The van der Waals surface area contributed by atoms with Crippen LogP contribution in [0.5, 0.6) is 0 Å². The molecule has 3 rings (SSSR count). The summed E-state index contributed by atoms with van der Waals surface area (Å²) in [4.78, 5) is 24.7. The van der Waals surface area contributed by atoms with Crippen LogP contribution in [0.25, 0.3) is 0 Å². The molecule has 1 aliphatic carbocycles. The lowest BCUT2D eigenvalue weighted by atomic mass is 9.70. The Kier molecular flexibility index (Phi) is 3.67. The van der Waals surface area contributed by atoms with Crippen molar-refractivity contribution in [2.45, 2.75) is 39.0 Å². The van der Waals surface area contributed by atoms with Crippen molar-refractivity contribution >= 4 is 34.3 Å². The summed E-state index contributed by atoms with van der Waals surface area (Å²) in [6, 6.07) is 8.01. The van der Waals surface area contributed by atoms with Crippen LogP contribution in [0.1, 0.15) is 44.6 Å². The van der Waals surface area contributed by atoms with E-state index in [4.69, 9.17) is 0 Å². The Morgan fingerprint density at radius 3 is 2.62 bits per heavy atom. The lowest BCUT2D eigenvalue weighted by Gasteiger charge is -2.38. The van der Waals surface area contributed by atoms with Gasteiger partial charge in [0, 0.05) is 33.6 Å². The molecule has 1 atom stereocenters. The van der Waals surface area contributed by atoms with E-state index in [2.05, 4.69) is 41.8 Å². The largest absolute Gasteiger partial charge is 0.329 e. The molecule has 0 spiro atoms. The number of Topliss-reactive ketones (excluding diaryl/α,β-unsaturated/α-hetero) is 1. The summed E-state index contributed by atoms with van der Waals surface area (Å²) in [6.45, 7) is 4.16. The van der Waals surface area contributed by atoms with Crippen LogP contribution >= 0.6 is 22.6 Å². The first-order chi connectivity index (χ1) is 9.87. The summed E-state index contributed by atoms with van der Waals surface area (Å²) in [5.74, 6) is 0.111. The molecule has 1 heterocycles. The second kappa shape index (κ2) is 5.23. The van der Waals surface area contributed by atoms with Crippen LogP contribution in [0.15, 0.2) is 35.5 Å². The van der Waals surface area contributed by atoms with Crippen LogP contribution in [0.2, 0.25) is 0 Å². The third-order valence-electron chi connectivity index (χ3n) is 4.23. The van der Waals surface area contributed by atoms with Crippen molar-refractivity contribution < 1.29 is 9.59 Å². The van der Waals surface area contributed by atoms with Gasteiger partial charge in [0.15, 0.2) is 5.78 Å². The summed E-state index contributed by atoms with van der Waals surface area (Å²) in [5.41, 5.74) is 2.69. The van der Waals surface area contributed by atoms with Crippen LogP contribution in [0.3, 0.4) is 0 Å². The van der Waals surface area contributed by atoms with Crippen LogP contribution in [-0.2, 0) is 9.59 Å². The summed E-state index contributed by atoms with van der Waals surface area (Å²) in [6.07, 6.45) is 1.69. The fraction of sp³-hybridized carbons (Fsp3) is 0.412. The molecule has 0 saturated carbocycles. The Bertz CT molecular complexity index is 661. The zero-order valence-electron chi connectivity index (χ0n) is 12.2. The maximum atomic E-state index is 12.6. The Morgan fingerprint density at radius 2 is 1.90 bits per heavy atom. The number of nitrogens with one attached hydrogen (secondary N) is 1. The molecule has 110 valence electrons. The topological polar surface area (TPSA) is 46.2 Å². The molecule has 1 unspecified atom stereocenters. The maximum Gasteiger partial charge on any atom is 0.225 e. The molecule has 1 N–H and O–H groups in total. The molecule has 0 fully saturated rings. The number of hydrogen-bond donors (Lipinski definition) is 1. The first-order valence-electron chi connectivity index (χ1n) is 7.18. The number of halogens is 1. The van der Waals surface area contributed by atoms with Gasteiger partial charge in [0.1, 0.15) is 0 Å². The fourth-order valence-corrected chi connectivity index (χ4v) is 4.14. The number of benzene rings is 1. The quantitative estimate of drug-likeness (QED) is 0.740. The number of carbonyl (C=O) groups is 2. The minimum absolute atomic E-state index is 0.0175. The van der Waals surface area contributed by atoms with Crippen LogP contribution in [-0.4, -0.2) is 11.7 Å². The number of rotatable bonds is 1. The molecule has 3 nitrogen and oxygen atoms in total. The van der Waals surface area contributed by atoms with Crippen LogP contribution in [0, 0.1) is 8.99 Å². The monoisotopic (exact) mass is 395 g/mol. The molecular formula is C17H18INO2. The van der Waals surface area contributed by atoms with E-state index >= 15 is 0 Å². The highest BCUT2D eigenvalue weighted by Gasteiger charge is 2.40. The fourth-order valence-electron chi connectivity index (χ4n) is 3.38. The number of hydrogen-bond acceptors (Lipinski definition) is 2. The average molecular weight is 395 g/mol. The van der Waals surface area contributed by atoms with Crippen molar-refractivity contribution in [2.24, 2.45) is 5.41 Å². The predicted molar refractivity (Wildman–Crippen MR) is 89.7 cm³/mol. The number of ketones is 1. The molecule has 1 aromatic rings. The van der Waals surface area contributed by atoms with Crippen LogP contribution < -0.4 is 5.32 Å². The van der Waals surface area contributed by atoms with Crippen LogP contribution in [0.4, 0.5) is 0 Å². The van der Waals surface area contributed by atoms with E-state index in [1.54, 1.807) is 0 Å². The molecule has 1 aliphatic heterocycles. The van der Waals surface area contributed by atoms with E-state index in [-0.39, 0.29) is 23.0 Å². The second-order valence-electron chi connectivity index (χ2n) is 6.66. The van der Waals surface area contributed by atoms with Crippen molar-refractivity contribution in [1.82, 2.24) is 5.32 Å². The molecule has 1 aromatic carbocycles. The van der Waals surface area contributed by atoms with Gasteiger partial charge in [-0.15, -0.1) is 0 Å². The molecule has 1 amide bonds. The van der Waals surface area contributed by atoms with Crippen molar-refractivity contribution in [1.29, 1.82) is 0 Å². The van der Waals surface area contributed by atoms with Gasteiger partial charge in [-0.1, -0.05) is 32.0 Å². The molecule has 0 aromatic heterocycles. The number of allylic oxidation sites excluding steroid dienone is 2. The Balaban J connectivity index is 2.11. The summed E-state index contributed by atoms with van der Waals surface area (Å²) < 4.78 is 1.11. The highest BCUT2D eigenvalue weighted by Crippen LogP contribution is 2.44. The first kappa shape index (κ1) is 14.8. The van der Waals surface area contributed by atoms with Crippen molar-refractivity contribution in [3.63, 3.8) is 0 Å². The highest BCUT2D eigenvalue weighted by molar-refractivity contribution is 14.1. The third kappa shape index (κ3) is 2.78. The molecular weight excluding hydrogens is 377 g/mol. The summed E-state index contributed by atoms with van der Waals surface area (Å²) >= 11 is 2.28. The Morgan fingerprint density at radius 1 is 1.19 bits per heavy atom. The molecule has 0 bridgehead atoms. The summed E-state index contributed by atoms with van der Waals surface area (Å²) in [5, 5.41) is 2.94. The van der Waals surface area contributed by atoms with E-state index in [1.165, 1.54) is 0 Å². The van der Waals surface area contributed by atoms with Gasteiger partial charge in [0.05, 0.1) is 0 Å². The van der Waals surface area contributed by atoms with Gasteiger partial charge in [-0.2, -0.15) is 0 Å². The zero-order chi connectivity index (χ0) is 15.2. The van der Waals surface area contributed by atoms with Crippen molar-refractivity contribution in [3.05, 3.63) is 44.7 Å². The van der Waals surface area contributed by atoms with Gasteiger partial charge in [-0.05, 0) is 46.1 Å². The predicted octanol–water partition coefficient (Wildman–Crippen LogP) is 3.54. The lowest BCUT2D eigenvalue weighted by Crippen LogP contribution is -2.40. The lowest BCUT2D eigenvalue weighted by molar-refractivity contribution is -0.122. The second-order valence-corrected chi connectivity index (χ2v) is 7.82. The maximum absolute atomic E-state index is 12.6. The zero-order valence-corrected chi connectivity index (χ0v) is 14.4. The molecule has 2 aliphatic rings. The van der Waals surface area contributed by atoms with Gasteiger partial charge in [0.25, 0.3) is 0 Å². The van der Waals surface area contributed by atoms with E-state index in [0.29, 0.717) is 12.8 Å². The third-order valence-corrected chi connectivity index (χ3v) is 5.21. The highest BCUT2D eigenvalue weighted by atomic mass is 127. The van der Waals surface area contributed by atoms with E-state index in [0.717, 1.165) is 26.8 Å². The Labute approximate surface area is 138 Å². The molecule has 4 heteroatoms. The smallest absolute Gasteiger partial charge is 0.225 e. The van der Waals surface area contributed by atoms with Gasteiger partial charge < -0.3 is 5.32 Å². The Hall–Kier alpha value is -1.17. The SMILES string of the molecule is CC1(C)CC(=O)C2=C(C1)NC(=O)CC2c1ccccc1I. The average Bonchev–Trinajstić information content (AvgIpc) is 2.36. The standard InChI is InChI=1S/C17H18INO2/c1-17(2)8-13-16(14(20)9-17)11(7-15(21)19-13)10-5-3-4-6-12(10)18/h3-6,11H,7-9H2,1-2H3,(H,19,21). The van der Waals surface area contributed by atoms with Crippen molar-refractivity contribution in [2.75, 3.05) is 0 Å². The van der Waals surface area contributed by atoms with Gasteiger partial charge in [-0.25, -0.2) is 0 Å². The van der Waals surface area contributed by atoms with E-state index < -0.39 is 0 Å². The molecule has 21 heavy (non-hydrogen) atoms. The number of carbonyl (C=O) groups excluding carboxylic acids is 2. The molecule has 0 saturated heterocycles.